The highest BCUT2D eigenvalue weighted by molar-refractivity contribution is 6.12. The van der Waals surface area contributed by atoms with Gasteiger partial charge in [-0.3, -0.25) is 0 Å². The number of hydrogen-bond donors (Lipinski definition) is 0. The van der Waals surface area contributed by atoms with Crippen LogP contribution in [0, 0.1) is 35.8 Å². The van der Waals surface area contributed by atoms with Crippen LogP contribution in [0.4, 0.5) is 45.5 Å². The van der Waals surface area contributed by atoms with Crippen molar-refractivity contribution in [2.24, 2.45) is 0 Å². The molecule has 2 aromatic heterocycles. The van der Waals surface area contributed by atoms with E-state index in [9.17, 15) is 10.5 Å². The number of rotatable bonds is 12. The average molecular weight is 1060 g/mol. The molecule has 386 valence electrons. The minimum atomic E-state index is 0.540. The first kappa shape index (κ1) is 50.4. The molecule has 0 N–H and O–H groups in total. The van der Waals surface area contributed by atoms with Crippen molar-refractivity contribution in [1.29, 1.82) is 10.5 Å². The van der Waals surface area contributed by atoms with Gasteiger partial charge in [0.2, 0.25) is 0 Å². The molecule has 0 saturated carbocycles. The Morgan fingerprint density at radius 3 is 1.06 bits per heavy atom. The van der Waals surface area contributed by atoms with Gasteiger partial charge >= 0.3 is 0 Å². The summed E-state index contributed by atoms with van der Waals surface area (Å²) in [5, 5.41) is 21.0. The van der Waals surface area contributed by atoms with Gasteiger partial charge in [-0.25, -0.2) is 19.7 Å². The highest BCUT2D eigenvalue weighted by atomic mass is 15.2. The third-order valence-electron chi connectivity index (χ3n) is 14.9. The summed E-state index contributed by atoms with van der Waals surface area (Å²) < 4.78 is 2.34. The van der Waals surface area contributed by atoms with Gasteiger partial charge in [-0.1, -0.05) is 133 Å². The van der Waals surface area contributed by atoms with Crippen LogP contribution in [-0.2, 0) is 0 Å². The molecular formula is C74H45N9. The first-order valence-electron chi connectivity index (χ1n) is 26.9. The summed E-state index contributed by atoms with van der Waals surface area (Å²) in [6, 6.07) is 96.2. The Labute approximate surface area is 480 Å². The predicted octanol–water partition coefficient (Wildman–Crippen LogP) is 19.7. The largest absolute Gasteiger partial charge is 0.311 e. The van der Waals surface area contributed by atoms with Gasteiger partial charge in [0.25, 0.3) is 0 Å². The normalized spacial score (nSPS) is 10.8. The standard InChI is InChI=1S/C74H45N9/c1-77-59-31-37-63(38-32-59)81(61-9-5-3-6-10-61)66-41-43-72-68(45-66)69-46-67(82(62-11-7-4-8-12-62)64-39-33-60(78-2)34-40-64)42-44-73(69)83(72)65-35-29-55(30-36-65)53-23-21-52(22-24-53)54-25-27-57(28-26-54)71-47-70(56-17-13-50(48-75)14-18-56)79-74(80-71)58-19-15-51(49-76)16-20-58/h3-47H. The number of nitriles is 2. The lowest BCUT2D eigenvalue weighted by atomic mass is 9.98. The summed E-state index contributed by atoms with van der Waals surface area (Å²) in [7, 11) is 0. The highest BCUT2D eigenvalue weighted by Crippen LogP contribution is 2.44. The zero-order valence-corrected chi connectivity index (χ0v) is 44.5. The van der Waals surface area contributed by atoms with E-state index in [-0.39, 0.29) is 0 Å². The molecule has 0 unspecified atom stereocenters. The van der Waals surface area contributed by atoms with Gasteiger partial charge in [-0.2, -0.15) is 10.5 Å². The third-order valence-corrected chi connectivity index (χ3v) is 14.9. The maximum absolute atomic E-state index is 9.42. The minimum Gasteiger partial charge on any atom is -0.311 e. The van der Waals surface area contributed by atoms with Gasteiger partial charge in [-0.05, 0) is 162 Å². The fraction of sp³-hybridized carbons (Fsp3) is 0. The first-order chi connectivity index (χ1) is 40.9. The number of nitrogens with zero attached hydrogens (tertiary/aromatic N) is 9. The zero-order valence-electron chi connectivity index (χ0n) is 44.5. The SMILES string of the molecule is [C-]#[N+]c1ccc(N(c2ccccc2)c2ccc3c(c2)c2cc(N(c4ccccc4)c4ccc([N+]#[C-])cc4)ccc2n3-c2ccc(-c3ccc(-c4ccc(-c5cc(-c6ccc(C#N)cc6)nc(-c6ccc(C#N)cc6)n5)cc4)cc3)cc2)cc1. The van der Waals surface area contributed by atoms with E-state index in [4.69, 9.17) is 23.1 Å². The van der Waals surface area contributed by atoms with Crippen LogP contribution in [0.5, 0.6) is 0 Å². The molecule has 13 aromatic rings. The van der Waals surface area contributed by atoms with E-state index in [1.165, 1.54) is 0 Å². The van der Waals surface area contributed by atoms with E-state index in [1.807, 2.05) is 115 Å². The topological polar surface area (TPSA) is 93.5 Å². The molecule has 9 nitrogen and oxygen atoms in total. The molecular weight excluding hydrogens is 1010 g/mol. The number of benzene rings is 11. The minimum absolute atomic E-state index is 0.540. The summed E-state index contributed by atoms with van der Waals surface area (Å²) in [4.78, 5) is 21.7. The van der Waals surface area contributed by atoms with Gasteiger partial charge in [0, 0.05) is 67.3 Å². The quantitative estimate of drug-likeness (QED) is 0.113. The lowest BCUT2D eigenvalue weighted by Gasteiger charge is -2.26. The molecule has 0 amide bonds. The second-order valence-electron chi connectivity index (χ2n) is 19.9. The van der Waals surface area contributed by atoms with E-state index in [1.54, 1.807) is 24.3 Å². The van der Waals surface area contributed by atoms with E-state index in [2.05, 4.69) is 170 Å². The Balaban J connectivity index is 0.845. The predicted molar refractivity (Wildman–Crippen MR) is 335 cm³/mol. The molecule has 0 fully saturated rings. The molecule has 0 aliphatic carbocycles. The van der Waals surface area contributed by atoms with Crippen molar-refractivity contribution in [2.45, 2.75) is 0 Å². The smallest absolute Gasteiger partial charge is 0.187 e. The number of anilines is 6. The molecule has 0 aliphatic heterocycles. The van der Waals surface area contributed by atoms with Crippen LogP contribution in [-0.4, -0.2) is 14.5 Å². The summed E-state index contributed by atoms with van der Waals surface area (Å²) in [5.41, 5.74) is 19.6. The van der Waals surface area contributed by atoms with E-state index >= 15 is 0 Å². The first-order valence-corrected chi connectivity index (χ1v) is 26.9. The van der Waals surface area contributed by atoms with E-state index in [0.717, 1.165) is 112 Å². The molecule has 0 saturated heterocycles. The molecule has 13 rings (SSSR count). The average Bonchev–Trinajstić information content (AvgIpc) is 4.15. The number of fused-ring (bicyclic) bond motifs is 3. The van der Waals surface area contributed by atoms with Crippen LogP contribution in [0.15, 0.2) is 273 Å². The van der Waals surface area contributed by atoms with Crippen molar-refractivity contribution in [3.8, 4) is 74.0 Å². The van der Waals surface area contributed by atoms with Crippen molar-refractivity contribution in [3.05, 3.63) is 307 Å². The van der Waals surface area contributed by atoms with Crippen LogP contribution in [0.3, 0.4) is 0 Å². The van der Waals surface area contributed by atoms with Crippen LogP contribution in [0.1, 0.15) is 11.1 Å². The van der Waals surface area contributed by atoms with Gasteiger partial charge in [0.15, 0.2) is 17.2 Å². The van der Waals surface area contributed by atoms with Crippen molar-refractivity contribution in [2.75, 3.05) is 9.80 Å². The maximum atomic E-state index is 9.42. The van der Waals surface area contributed by atoms with Crippen LogP contribution in [0.2, 0.25) is 0 Å². The van der Waals surface area contributed by atoms with E-state index in [0.29, 0.717) is 28.3 Å². The lowest BCUT2D eigenvalue weighted by Crippen LogP contribution is -2.09. The van der Waals surface area contributed by atoms with Crippen molar-refractivity contribution < 1.29 is 0 Å². The molecule has 0 radical (unpaired) electrons. The van der Waals surface area contributed by atoms with Gasteiger partial charge in [0.05, 0.1) is 58.8 Å². The fourth-order valence-corrected chi connectivity index (χ4v) is 10.7. The molecule has 11 aromatic carbocycles. The van der Waals surface area contributed by atoms with Gasteiger partial charge < -0.3 is 14.4 Å². The van der Waals surface area contributed by atoms with Crippen molar-refractivity contribution in [3.63, 3.8) is 0 Å². The zero-order chi connectivity index (χ0) is 56.2. The summed E-state index contributed by atoms with van der Waals surface area (Å²) in [6.07, 6.45) is 0. The van der Waals surface area contributed by atoms with E-state index < -0.39 is 0 Å². The van der Waals surface area contributed by atoms with Gasteiger partial charge in [0.1, 0.15) is 0 Å². The van der Waals surface area contributed by atoms with Gasteiger partial charge in [-0.15, -0.1) is 0 Å². The Morgan fingerprint density at radius 1 is 0.337 bits per heavy atom. The molecule has 83 heavy (non-hydrogen) atoms. The fourth-order valence-electron chi connectivity index (χ4n) is 10.7. The summed E-state index contributed by atoms with van der Waals surface area (Å²) >= 11 is 0. The van der Waals surface area contributed by atoms with Crippen LogP contribution in [0.25, 0.3) is 93.3 Å². The monoisotopic (exact) mass is 1060 g/mol. The lowest BCUT2D eigenvalue weighted by molar-refractivity contribution is 1.18. The van der Waals surface area contributed by atoms with Crippen LogP contribution < -0.4 is 9.80 Å². The summed E-state index contributed by atoms with van der Waals surface area (Å²) in [5.74, 6) is 0.540. The molecule has 2 heterocycles. The number of aromatic nitrogens is 3. The third kappa shape index (κ3) is 9.94. The number of para-hydroxylation sites is 2. The Morgan fingerprint density at radius 2 is 0.675 bits per heavy atom. The Bertz CT molecular complexity index is 4470. The Kier molecular flexibility index (Phi) is 13.3. The second kappa shape index (κ2) is 21.9. The highest BCUT2D eigenvalue weighted by Gasteiger charge is 2.21. The Hall–Kier alpha value is -12.1. The molecule has 9 heteroatoms. The molecule has 0 atom stereocenters. The summed E-state index contributed by atoms with van der Waals surface area (Å²) in [6.45, 7) is 15.2. The van der Waals surface area contributed by atoms with Crippen LogP contribution >= 0.6 is 0 Å². The second-order valence-corrected chi connectivity index (χ2v) is 19.9. The molecule has 0 aliphatic rings. The van der Waals surface area contributed by atoms with Crippen molar-refractivity contribution >= 4 is 67.3 Å². The molecule has 0 bridgehead atoms. The van der Waals surface area contributed by atoms with Crippen molar-refractivity contribution in [1.82, 2.24) is 14.5 Å². The maximum Gasteiger partial charge on any atom is 0.187 e. The number of hydrogen-bond acceptors (Lipinski definition) is 6. The molecule has 0 spiro atoms.